The highest BCUT2D eigenvalue weighted by molar-refractivity contribution is 7.99. The molecule has 1 heterocycles. The topological polar surface area (TPSA) is 83.6 Å². The van der Waals surface area contributed by atoms with Gasteiger partial charge in [-0.3, -0.25) is 4.79 Å². The number of carbonyl (C=O) groups is 1. The number of anilines is 1. The van der Waals surface area contributed by atoms with Crippen molar-refractivity contribution < 1.29 is 4.79 Å². The molecule has 1 aromatic heterocycles. The number of rotatable bonds is 6. The Hall–Kier alpha value is -2.82. The molecule has 0 atom stereocenters. The molecule has 1 aliphatic rings. The van der Waals surface area contributed by atoms with Crippen molar-refractivity contribution in [2.24, 2.45) is 0 Å². The minimum atomic E-state index is -0.243. The van der Waals surface area contributed by atoms with E-state index >= 15 is 0 Å². The summed E-state index contributed by atoms with van der Waals surface area (Å²) in [5.41, 5.74) is 1.73. The van der Waals surface area contributed by atoms with Crippen molar-refractivity contribution in [3.8, 4) is 11.8 Å². The van der Waals surface area contributed by atoms with Crippen LogP contribution < -0.4 is 5.32 Å². The molecule has 1 saturated carbocycles. The fourth-order valence-electron chi connectivity index (χ4n) is 2.76. The van der Waals surface area contributed by atoms with E-state index in [1.165, 1.54) is 11.8 Å². The molecule has 1 fully saturated rings. The lowest BCUT2D eigenvalue weighted by molar-refractivity contribution is -0.113. The van der Waals surface area contributed by atoms with Crippen LogP contribution in [0.2, 0.25) is 5.02 Å². The average Bonchev–Trinajstić information content (AvgIpc) is 3.46. The van der Waals surface area contributed by atoms with Crippen LogP contribution in [-0.2, 0) is 4.79 Å². The summed E-state index contributed by atoms with van der Waals surface area (Å²) < 4.78 is 1.86. The van der Waals surface area contributed by atoms with Crippen molar-refractivity contribution in [2.75, 3.05) is 11.1 Å². The fourth-order valence-corrected chi connectivity index (χ4v) is 3.57. The summed E-state index contributed by atoms with van der Waals surface area (Å²) >= 11 is 7.22. The first kappa shape index (κ1) is 18.5. The Morgan fingerprint density at radius 2 is 2.07 bits per heavy atom. The minimum absolute atomic E-state index is 0.139. The van der Waals surface area contributed by atoms with E-state index in [-0.39, 0.29) is 11.7 Å². The summed E-state index contributed by atoms with van der Waals surface area (Å²) in [6, 6.07) is 16.7. The van der Waals surface area contributed by atoms with Crippen LogP contribution in [0.5, 0.6) is 0 Å². The molecule has 1 N–H and O–H groups in total. The third-order valence-electron chi connectivity index (χ3n) is 4.26. The Morgan fingerprint density at radius 3 is 2.79 bits per heavy atom. The molecular formula is C20H16ClN5OS. The Kier molecular flexibility index (Phi) is 5.33. The largest absolute Gasteiger partial charge is 0.324 e. The van der Waals surface area contributed by atoms with Gasteiger partial charge < -0.3 is 5.32 Å². The summed E-state index contributed by atoms with van der Waals surface area (Å²) in [6.07, 6.45) is 2.23. The molecule has 2 aromatic carbocycles. The van der Waals surface area contributed by atoms with E-state index < -0.39 is 0 Å². The lowest BCUT2D eigenvalue weighted by Crippen LogP contribution is -2.15. The van der Waals surface area contributed by atoms with Crippen LogP contribution in [0.25, 0.3) is 5.69 Å². The lowest BCUT2D eigenvalue weighted by Gasteiger charge is -2.06. The molecule has 3 aromatic rings. The number of halogens is 1. The average molecular weight is 410 g/mol. The number of nitriles is 1. The first-order valence-electron chi connectivity index (χ1n) is 8.78. The van der Waals surface area contributed by atoms with Gasteiger partial charge in [-0.1, -0.05) is 41.6 Å². The highest BCUT2D eigenvalue weighted by Crippen LogP contribution is 2.40. The Bertz CT molecular complexity index is 1060. The van der Waals surface area contributed by atoms with Crippen LogP contribution in [0, 0.1) is 11.3 Å². The van der Waals surface area contributed by atoms with Crippen LogP contribution in [-0.4, -0.2) is 26.4 Å². The summed E-state index contributed by atoms with van der Waals surface area (Å²) in [5.74, 6) is 1.27. The smallest absolute Gasteiger partial charge is 0.234 e. The Balaban J connectivity index is 1.46. The van der Waals surface area contributed by atoms with E-state index in [1.807, 2.05) is 41.1 Å². The van der Waals surface area contributed by atoms with E-state index in [0.29, 0.717) is 27.3 Å². The molecule has 28 heavy (non-hydrogen) atoms. The maximum absolute atomic E-state index is 12.3. The number of thioether (sulfide) groups is 1. The van der Waals surface area contributed by atoms with Crippen LogP contribution in [0.1, 0.15) is 30.1 Å². The number of hydrogen-bond acceptors (Lipinski definition) is 5. The molecule has 0 saturated heterocycles. The van der Waals surface area contributed by atoms with Gasteiger partial charge >= 0.3 is 0 Å². The highest BCUT2D eigenvalue weighted by atomic mass is 35.5. The van der Waals surface area contributed by atoms with E-state index in [9.17, 15) is 4.79 Å². The lowest BCUT2D eigenvalue weighted by atomic mass is 10.2. The van der Waals surface area contributed by atoms with Gasteiger partial charge in [0.2, 0.25) is 11.1 Å². The first-order valence-corrected chi connectivity index (χ1v) is 10.1. The van der Waals surface area contributed by atoms with Crippen LogP contribution in [0.4, 0.5) is 5.69 Å². The predicted octanol–water partition coefficient (Wildman–Crippen LogP) is 4.40. The van der Waals surface area contributed by atoms with Crippen molar-refractivity contribution in [3.63, 3.8) is 0 Å². The molecule has 0 unspecified atom stereocenters. The second kappa shape index (κ2) is 8.05. The monoisotopic (exact) mass is 409 g/mol. The molecule has 1 amide bonds. The molecule has 0 radical (unpaired) electrons. The number of para-hydroxylation sites is 1. The zero-order valence-corrected chi connectivity index (χ0v) is 16.4. The Morgan fingerprint density at radius 1 is 1.29 bits per heavy atom. The maximum atomic E-state index is 12.3. The van der Waals surface area contributed by atoms with E-state index in [0.717, 1.165) is 24.4 Å². The predicted molar refractivity (Wildman–Crippen MR) is 109 cm³/mol. The van der Waals surface area contributed by atoms with Gasteiger partial charge in [-0.25, -0.2) is 9.67 Å². The summed E-state index contributed by atoms with van der Waals surface area (Å²) in [4.78, 5) is 17.0. The SMILES string of the molecule is N#Cc1ccc(Cl)cc1NC(=O)CSc1nc(C2CC2)n(-c2ccccc2)n1. The quantitative estimate of drug-likeness (QED) is 0.610. The molecule has 4 rings (SSSR count). The number of amides is 1. The van der Waals surface area contributed by atoms with Gasteiger partial charge in [0.1, 0.15) is 11.9 Å². The maximum Gasteiger partial charge on any atom is 0.234 e. The number of hydrogen-bond donors (Lipinski definition) is 1. The number of aromatic nitrogens is 3. The van der Waals surface area contributed by atoms with E-state index in [4.69, 9.17) is 16.9 Å². The highest BCUT2D eigenvalue weighted by Gasteiger charge is 2.30. The second-order valence-corrected chi connectivity index (χ2v) is 7.79. The van der Waals surface area contributed by atoms with Crippen LogP contribution >= 0.6 is 23.4 Å². The Labute approximate surface area is 171 Å². The molecule has 0 bridgehead atoms. The summed E-state index contributed by atoms with van der Waals surface area (Å²) in [5, 5.41) is 17.5. The summed E-state index contributed by atoms with van der Waals surface area (Å²) in [7, 11) is 0. The number of carbonyl (C=O) groups excluding carboxylic acids is 1. The molecule has 0 aliphatic heterocycles. The molecular weight excluding hydrogens is 394 g/mol. The van der Waals surface area contributed by atoms with Gasteiger partial charge in [-0.05, 0) is 43.2 Å². The molecule has 140 valence electrons. The van der Waals surface area contributed by atoms with Gasteiger partial charge in [-0.2, -0.15) is 5.26 Å². The molecule has 1 aliphatic carbocycles. The molecule has 8 heteroatoms. The molecule has 6 nitrogen and oxygen atoms in total. The van der Waals surface area contributed by atoms with Crippen molar-refractivity contribution in [1.82, 2.24) is 14.8 Å². The van der Waals surface area contributed by atoms with Gasteiger partial charge in [0, 0.05) is 10.9 Å². The summed E-state index contributed by atoms with van der Waals surface area (Å²) in [6.45, 7) is 0. The zero-order chi connectivity index (χ0) is 19.5. The number of nitrogens with one attached hydrogen (secondary N) is 1. The van der Waals surface area contributed by atoms with Gasteiger partial charge in [-0.15, -0.1) is 5.10 Å². The van der Waals surface area contributed by atoms with Crippen molar-refractivity contribution in [3.05, 3.63) is 64.9 Å². The fraction of sp³-hybridized carbons (Fsp3) is 0.200. The standard InChI is InChI=1S/C20H16ClN5OS/c21-15-9-8-14(11-22)17(10-15)23-18(27)12-28-20-24-19(13-6-7-13)26(25-20)16-4-2-1-3-5-16/h1-5,8-10,13H,6-7,12H2,(H,23,27). The normalized spacial score (nSPS) is 13.1. The van der Waals surface area contributed by atoms with Crippen LogP contribution in [0.3, 0.4) is 0 Å². The number of nitrogens with zero attached hydrogens (tertiary/aromatic N) is 4. The first-order chi connectivity index (χ1) is 13.6. The zero-order valence-electron chi connectivity index (χ0n) is 14.8. The third-order valence-corrected chi connectivity index (χ3v) is 5.34. The minimum Gasteiger partial charge on any atom is -0.324 e. The third kappa shape index (κ3) is 4.19. The van der Waals surface area contributed by atoms with E-state index in [1.54, 1.807) is 18.2 Å². The van der Waals surface area contributed by atoms with Crippen molar-refractivity contribution in [2.45, 2.75) is 23.9 Å². The second-order valence-electron chi connectivity index (χ2n) is 6.41. The number of benzene rings is 2. The van der Waals surface area contributed by atoms with Gasteiger partial charge in [0.05, 0.1) is 22.7 Å². The van der Waals surface area contributed by atoms with Crippen molar-refractivity contribution in [1.29, 1.82) is 5.26 Å². The van der Waals surface area contributed by atoms with Gasteiger partial charge in [0.15, 0.2) is 0 Å². The molecule has 0 spiro atoms. The van der Waals surface area contributed by atoms with E-state index in [2.05, 4.69) is 15.4 Å². The van der Waals surface area contributed by atoms with Gasteiger partial charge in [0.25, 0.3) is 0 Å². The van der Waals surface area contributed by atoms with Crippen LogP contribution in [0.15, 0.2) is 53.7 Å². The van der Waals surface area contributed by atoms with Crippen molar-refractivity contribution >= 4 is 35.0 Å².